The van der Waals surface area contributed by atoms with Crippen molar-refractivity contribution in [3.8, 4) is 0 Å². The van der Waals surface area contributed by atoms with Crippen molar-refractivity contribution in [2.24, 2.45) is 0 Å². The third kappa shape index (κ3) is 6.92. The van der Waals surface area contributed by atoms with Crippen LogP contribution >= 0.6 is 36.4 Å². The van der Waals surface area contributed by atoms with E-state index in [2.05, 4.69) is 20.9 Å². The zero-order chi connectivity index (χ0) is 18.4. The molecule has 1 fully saturated rings. The number of pyridine rings is 1. The molecule has 28 heavy (non-hydrogen) atoms. The van der Waals surface area contributed by atoms with Crippen molar-refractivity contribution >= 4 is 59.6 Å². The monoisotopic (exact) mass is 446 g/mol. The maximum absolute atomic E-state index is 12.3. The molecule has 1 aromatic carbocycles. The molecule has 1 aliphatic rings. The Labute approximate surface area is 180 Å². The molecule has 0 spiro atoms. The minimum atomic E-state index is -0.343. The van der Waals surface area contributed by atoms with E-state index in [0.717, 1.165) is 6.54 Å². The van der Waals surface area contributed by atoms with E-state index in [9.17, 15) is 9.59 Å². The fourth-order valence-electron chi connectivity index (χ4n) is 2.60. The first-order chi connectivity index (χ1) is 12.6. The number of nitrogens with zero attached hydrogens (tertiary/aromatic N) is 1. The molecule has 152 valence electrons. The van der Waals surface area contributed by atoms with Crippen LogP contribution < -0.4 is 16.0 Å². The van der Waals surface area contributed by atoms with Crippen LogP contribution in [-0.4, -0.2) is 42.6 Å². The van der Waals surface area contributed by atoms with Crippen molar-refractivity contribution in [3.63, 3.8) is 0 Å². The van der Waals surface area contributed by atoms with E-state index < -0.39 is 0 Å². The number of morpholine rings is 1. The largest absolute Gasteiger partial charge is 0.378 e. The van der Waals surface area contributed by atoms with Gasteiger partial charge >= 0.3 is 0 Å². The summed E-state index contributed by atoms with van der Waals surface area (Å²) in [5.41, 5.74) is 1.43. The molecule has 1 atom stereocenters. The number of rotatable bonds is 5. The normalized spacial score (nSPS) is 15.5. The Morgan fingerprint density at radius 2 is 2.04 bits per heavy atom. The number of carbonyl (C=O) groups is 2. The lowest BCUT2D eigenvalue weighted by Gasteiger charge is -2.23. The van der Waals surface area contributed by atoms with Crippen LogP contribution in [0.1, 0.15) is 16.8 Å². The van der Waals surface area contributed by atoms with E-state index in [0.29, 0.717) is 36.6 Å². The van der Waals surface area contributed by atoms with Crippen LogP contribution in [0.5, 0.6) is 0 Å². The first kappa shape index (κ1) is 24.1. The molecule has 2 aromatic rings. The molecule has 0 aliphatic carbocycles. The van der Waals surface area contributed by atoms with Gasteiger partial charge < -0.3 is 20.7 Å². The Bertz CT molecular complexity index is 787. The second-order valence-electron chi connectivity index (χ2n) is 5.87. The number of anilines is 2. The highest BCUT2D eigenvalue weighted by Gasteiger charge is 2.17. The van der Waals surface area contributed by atoms with Crippen LogP contribution in [-0.2, 0) is 9.53 Å². The Morgan fingerprint density at radius 3 is 2.68 bits per heavy atom. The Hall–Kier alpha value is -1.90. The summed E-state index contributed by atoms with van der Waals surface area (Å²) in [4.78, 5) is 28.4. The van der Waals surface area contributed by atoms with Gasteiger partial charge in [-0.2, -0.15) is 0 Å². The maximum Gasteiger partial charge on any atom is 0.257 e. The predicted octanol–water partition coefficient (Wildman–Crippen LogP) is 3.15. The number of carbonyl (C=O) groups excluding carboxylic acids is 2. The number of halogens is 3. The Kier molecular flexibility index (Phi) is 10.2. The molecule has 0 radical (unpaired) electrons. The fourth-order valence-corrected chi connectivity index (χ4v) is 2.87. The van der Waals surface area contributed by atoms with Crippen molar-refractivity contribution < 1.29 is 14.3 Å². The topological polar surface area (TPSA) is 92.4 Å². The van der Waals surface area contributed by atoms with Gasteiger partial charge in [-0.1, -0.05) is 11.6 Å². The summed E-state index contributed by atoms with van der Waals surface area (Å²) in [7, 11) is 0. The molecule has 1 aromatic heterocycles. The maximum atomic E-state index is 12.3. The number of amides is 2. The SMILES string of the molecule is Cl.Cl.O=C(CC1COCCN1)Nc1ccc(C(=O)Nc2cccnc2)c(Cl)c1. The number of ether oxygens (including phenoxy) is 1. The summed E-state index contributed by atoms with van der Waals surface area (Å²) in [6, 6.07) is 8.24. The summed E-state index contributed by atoms with van der Waals surface area (Å²) in [6.07, 6.45) is 3.47. The average molecular weight is 448 g/mol. The van der Waals surface area contributed by atoms with E-state index in [1.165, 1.54) is 0 Å². The van der Waals surface area contributed by atoms with E-state index in [1.54, 1.807) is 42.7 Å². The number of aromatic nitrogens is 1. The predicted molar refractivity (Wildman–Crippen MR) is 114 cm³/mol. The molecule has 2 amide bonds. The third-order valence-electron chi connectivity index (χ3n) is 3.85. The summed E-state index contributed by atoms with van der Waals surface area (Å²) in [5.74, 6) is -0.485. The lowest BCUT2D eigenvalue weighted by Crippen LogP contribution is -2.43. The molecule has 3 N–H and O–H groups in total. The molecule has 3 rings (SSSR count). The minimum Gasteiger partial charge on any atom is -0.378 e. The van der Waals surface area contributed by atoms with Crippen LogP contribution in [0, 0.1) is 0 Å². The molecule has 1 saturated heterocycles. The lowest BCUT2D eigenvalue weighted by atomic mass is 10.1. The minimum absolute atomic E-state index is 0. The molecule has 7 nitrogen and oxygen atoms in total. The highest BCUT2D eigenvalue weighted by Crippen LogP contribution is 2.22. The Morgan fingerprint density at radius 1 is 1.21 bits per heavy atom. The number of hydrogen-bond donors (Lipinski definition) is 3. The average Bonchev–Trinajstić information content (AvgIpc) is 2.63. The molecule has 1 unspecified atom stereocenters. The lowest BCUT2D eigenvalue weighted by molar-refractivity contribution is -0.117. The molecule has 0 bridgehead atoms. The van der Waals surface area contributed by atoms with Gasteiger partial charge in [-0.05, 0) is 30.3 Å². The number of benzene rings is 1. The van der Waals surface area contributed by atoms with Gasteiger partial charge in [-0.25, -0.2) is 0 Å². The molecular formula is C18H21Cl3N4O3. The van der Waals surface area contributed by atoms with E-state index in [1.807, 2.05) is 0 Å². The van der Waals surface area contributed by atoms with Gasteiger partial charge in [0.1, 0.15) is 0 Å². The van der Waals surface area contributed by atoms with Crippen molar-refractivity contribution in [1.82, 2.24) is 10.3 Å². The van der Waals surface area contributed by atoms with E-state index in [-0.39, 0.29) is 47.7 Å². The molecular weight excluding hydrogens is 427 g/mol. The van der Waals surface area contributed by atoms with Crippen molar-refractivity contribution in [3.05, 3.63) is 53.3 Å². The van der Waals surface area contributed by atoms with Crippen LogP contribution in [0.2, 0.25) is 5.02 Å². The van der Waals surface area contributed by atoms with Crippen molar-refractivity contribution in [2.45, 2.75) is 12.5 Å². The highest BCUT2D eigenvalue weighted by atomic mass is 35.5. The van der Waals surface area contributed by atoms with Gasteiger partial charge in [0.25, 0.3) is 5.91 Å². The van der Waals surface area contributed by atoms with Crippen molar-refractivity contribution in [2.75, 3.05) is 30.4 Å². The highest BCUT2D eigenvalue weighted by molar-refractivity contribution is 6.34. The van der Waals surface area contributed by atoms with Crippen LogP contribution in [0.25, 0.3) is 0 Å². The molecule has 10 heteroatoms. The van der Waals surface area contributed by atoms with E-state index in [4.69, 9.17) is 16.3 Å². The van der Waals surface area contributed by atoms with Gasteiger partial charge in [-0.15, -0.1) is 24.8 Å². The zero-order valence-electron chi connectivity index (χ0n) is 14.8. The zero-order valence-corrected chi connectivity index (χ0v) is 17.2. The van der Waals surface area contributed by atoms with Gasteiger partial charge in [0.2, 0.25) is 5.91 Å². The van der Waals surface area contributed by atoms with Crippen LogP contribution in [0.3, 0.4) is 0 Å². The smallest absolute Gasteiger partial charge is 0.257 e. The van der Waals surface area contributed by atoms with Gasteiger partial charge in [-0.3, -0.25) is 14.6 Å². The summed E-state index contributed by atoms with van der Waals surface area (Å²) >= 11 is 6.21. The van der Waals surface area contributed by atoms with Gasteiger partial charge in [0.15, 0.2) is 0 Å². The first-order valence-corrected chi connectivity index (χ1v) is 8.61. The fraction of sp³-hybridized carbons (Fsp3) is 0.278. The summed E-state index contributed by atoms with van der Waals surface area (Å²) < 4.78 is 5.33. The second-order valence-corrected chi connectivity index (χ2v) is 6.28. The van der Waals surface area contributed by atoms with Crippen LogP contribution in [0.4, 0.5) is 11.4 Å². The van der Waals surface area contributed by atoms with E-state index >= 15 is 0 Å². The quantitative estimate of drug-likeness (QED) is 0.655. The second kappa shape index (κ2) is 11.8. The summed E-state index contributed by atoms with van der Waals surface area (Å²) in [5, 5.41) is 8.98. The molecule has 1 aliphatic heterocycles. The number of nitrogens with one attached hydrogen (secondary N) is 3. The van der Waals surface area contributed by atoms with Crippen molar-refractivity contribution in [1.29, 1.82) is 0 Å². The van der Waals surface area contributed by atoms with Gasteiger partial charge in [0.05, 0.1) is 35.7 Å². The van der Waals surface area contributed by atoms with Crippen LogP contribution in [0.15, 0.2) is 42.7 Å². The standard InChI is InChI=1S/C18H19ClN4O3.2ClH/c19-16-8-12(22-17(24)9-14-11-26-7-6-21-14)3-4-15(16)18(25)23-13-2-1-5-20-10-13;;/h1-5,8,10,14,21H,6-7,9,11H2,(H,22,24)(H,23,25);2*1H. The number of hydrogen-bond acceptors (Lipinski definition) is 5. The summed E-state index contributed by atoms with van der Waals surface area (Å²) in [6.45, 7) is 1.92. The Balaban J connectivity index is 0.00000196. The molecule has 2 heterocycles. The molecule has 0 saturated carbocycles. The first-order valence-electron chi connectivity index (χ1n) is 8.24. The third-order valence-corrected chi connectivity index (χ3v) is 4.16. The van der Waals surface area contributed by atoms with Gasteiger partial charge in [0, 0.05) is 30.9 Å².